The van der Waals surface area contributed by atoms with Crippen LogP contribution in [0.3, 0.4) is 0 Å². The molecule has 0 unspecified atom stereocenters. The molecule has 0 aromatic carbocycles. The quantitative estimate of drug-likeness (QED) is 0.588. The van der Waals surface area contributed by atoms with Gasteiger partial charge in [0.15, 0.2) is 5.65 Å². The van der Waals surface area contributed by atoms with Gasteiger partial charge in [-0.05, 0) is 18.2 Å². The lowest BCUT2D eigenvalue weighted by Gasteiger charge is -1.97. The molecule has 0 saturated heterocycles. The zero-order valence-electron chi connectivity index (χ0n) is 8.18. The van der Waals surface area contributed by atoms with Crippen LogP contribution >= 0.6 is 0 Å². The predicted molar refractivity (Wildman–Crippen MR) is 58.2 cm³/mol. The van der Waals surface area contributed by atoms with Crippen LogP contribution in [0.2, 0.25) is 0 Å². The van der Waals surface area contributed by atoms with E-state index in [1.807, 2.05) is 25.2 Å². The Kier molecular flexibility index (Phi) is 1.45. The smallest absolute Gasteiger partial charge is 0.202 e. The molecule has 0 bridgehead atoms. The Morgan fingerprint density at radius 1 is 1.27 bits per heavy atom. The van der Waals surface area contributed by atoms with Crippen molar-refractivity contribution in [2.75, 3.05) is 5.73 Å². The minimum absolute atomic E-state index is 0.466. The van der Waals surface area contributed by atoms with E-state index < -0.39 is 0 Å². The summed E-state index contributed by atoms with van der Waals surface area (Å²) >= 11 is 0. The van der Waals surface area contributed by atoms with E-state index in [1.54, 1.807) is 10.8 Å². The van der Waals surface area contributed by atoms with Crippen molar-refractivity contribution in [2.45, 2.75) is 0 Å². The Morgan fingerprint density at radius 2 is 2.13 bits per heavy atom. The molecule has 3 rings (SSSR count). The van der Waals surface area contributed by atoms with E-state index in [1.165, 1.54) is 0 Å². The third-order valence-corrected chi connectivity index (χ3v) is 2.47. The van der Waals surface area contributed by atoms with Gasteiger partial charge in [-0.1, -0.05) is 0 Å². The largest absolute Gasteiger partial charge is 0.369 e. The monoisotopic (exact) mass is 199 g/mol. The highest BCUT2D eigenvalue weighted by atomic mass is 15.2. The zero-order chi connectivity index (χ0) is 10.4. The Bertz CT molecular complexity index is 655. The molecule has 15 heavy (non-hydrogen) atoms. The summed E-state index contributed by atoms with van der Waals surface area (Å²) in [5.74, 6) is 0.466. The van der Waals surface area contributed by atoms with Gasteiger partial charge in [0.1, 0.15) is 0 Å². The number of anilines is 1. The van der Waals surface area contributed by atoms with Gasteiger partial charge in [0, 0.05) is 13.2 Å². The molecule has 3 aromatic rings. The van der Waals surface area contributed by atoms with Gasteiger partial charge < -0.3 is 10.3 Å². The van der Waals surface area contributed by atoms with Crippen molar-refractivity contribution in [3.63, 3.8) is 0 Å². The lowest BCUT2D eigenvalue weighted by Crippen LogP contribution is -1.96. The van der Waals surface area contributed by atoms with Gasteiger partial charge in [-0.15, -0.1) is 0 Å². The van der Waals surface area contributed by atoms with Crippen molar-refractivity contribution in [3.05, 3.63) is 24.4 Å². The van der Waals surface area contributed by atoms with Crippen molar-refractivity contribution in [1.82, 2.24) is 19.5 Å². The number of aromatic nitrogens is 4. The molecule has 5 heteroatoms. The molecular weight excluding hydrogens is 190 g/mol. The maximum atomic E-state index is 5.71. The summed E-state index contributed by atoms with van der Waals surface area (Å²) in [6.07, 6.45) is 1.75. The maximum Gasteiger partial charge on any atom is 0.202 e. The normalized spacial score (nSPS) is 11.3. The molecule has 0 fully saturated rings. The molecule has 0 spiro atoms. The molecule has 0 aliphatic rings. The molecule has 3 heterocycles. The summed E-state index contributed by atoms with van der Waals surface area (Å²) in [6.45, 7) is 0. The minimum Gasteiger partial charge on any atom is -0.369 e. The summed E-state index contributed by atoms with van der Waals surface area (Å²) < 4.78 is 1.80. The van der Waals surface area contributed by atoms with Gasteiger partial charge in [-0.25, -0.2) is 4.98 Å². The van der Waals surface area contributed by atoms with Gasteiger partial charge in [-0.3, -0.25) is 4.98 Å². The number of fused-ring (bicyclic) bond motifs is 2. The number of pyridine rings is 2. The maximum absolute atomic E-state index is 5.71. The molecule has 0 atom stereocenters. The molecule has 3 aromatic heterocycles. The van der Waals surface area contributed by atoms with Crippen LogP contribution in [0.5, 0.6) is 0 Å². The summed E-state index contributed by atoms with van der Waals surface area (Å²) in [6, 6.07) is 5.71. The molecule has 74 valence electrons. The van der Waals surface area contributed by atoms with Crippen molar-refractivity contribution in [2.24, 2.45) is 7.05 Å². The number of nitrogens with two attached hydrogens (primary N) is 1. The summed E-state index contributed by atoms with van der Waals surface area (Å²) in [5, 5.41) is 0. The second kappa shape index (κ2) is 2.66. The van der Waals surface area contributed by atoms with Crippen LogP contribution < -0.4 is 5.73 Å². The Morgan fingerprint density at radius 3 is 3.00 bits per heavy atom. The average Bonchev–Trinajstić information content (AvgIpc) is 2.52. The van der Waals surface area contributed by atoms with Crippen LogP contribution in [0.1, 0.15) is 0 Å². The second-order valence-corrected chi connectivity index (χ2v) is 3.40. The highest BCUT2D eigenvalue weighted by molar-refractivity contribution is 5.88. The number of hydrogen-bond acceptors (Lipinski definition) is 4. The van der Waals surface area contributed by atoms with E-state index in [4.69, 9.17) is 5.73 Å². The van der Waals surface area contributed by atoms with Crippen LogP contribution in [0, 0.1) is 0 Å². The fourth-order valence-electron chi connectivity index (χ4n) is 1.62. The average molecular weight is 199 g/mol. The van der Waals surface area contributed by atoms with Gasteiger partial charge >= 0.3 is 0 Å². The lowest BCUT2D eigenvalue weighted by atomic mass is 10.3. The first-order valence-electron chi connectivity index (χ1n) is 4.59. The van der Waals surface area contributed by atoms with E-state index in [0.29, 0.717) is 11.6 Å². The predicted octanol–water partition coefficient (Wildman–Crippen LogP) is 1.10. The molecular formula is C10H9N5. The third kappa shape index (κ3) is 1.06. The van der Waals surface area contributed by atoms with Crippen molar-refractivity contribution >= 4 is 28.1 Å². The standard InChI is InChI=1S/C10H9N5/c1-15-8-5-7-6(3-2-4-12-7)13-9(8)14-10(15)11/h2-5H,1H3,(H2,11,13,14). The van der Waals surface area contributed by atoms with E-state index in [0.717, 1.165) is 16.6 Å². The van der Waals surface area contributed by atoms with Gasteiger partial charge in [0.2, 0.25) is 5.95 Å². The number of hydrogen-bond donors (Lipinski definition) is 1. The number of nitrogens with zero attached hydrogens (tertiary/aromatic N) is 4. The molecule has 5 nitrogen and oxygen atoms in total. The molecule has 0 aliphatic heterocycles. The highest BCUT2D eigenvalue weighted by Gasteiger charge is 2.07. The van der Waals surface area contributed by atoms with Crippen LogP contribution in [-0.2, 0) is 7.05 Å². The number of imidazole rings is 1. The first kappa shape index (κ1) is 8.16. The van der Waals surface area contributed by atoms with Crippen LogP contribution in [0.25, 0.3) is 22.2 Å². The Hall–Kier alpha value is -2.17. The molecule has 0 saturated carbocycles. The summed E-state index contributed by atoms with van der Waals surface area (Å²) in [4.78, 5) is 12.8. The van der Waals surface area contributed by atoms with E-state index in [-0.39, 0.29) is 0 Å². The first-order chi connectivity index (χ1) is 7.25. The van der Waals surface area contributed by atoms with Crippen molar-refractivity contribution in [1.29, 1.82) is 0 Å². The van der Waals surface area contributed by atoms with Gasteiger partial charge in [0.25, 0.3) is 0 Å². The van der Waals surface area contributed by atoms with Crippen LogP contribution in [-0.4, -0.2) is 19.5 Å². The number of rotatable bonds is 0. The fraction of sp³-hybridized carbons (Fsp3) is 0.100. The van der Waals surface area contributed by atoms with E-state index >= 15 is 0 Å². The van der Waals surface area contributed by atoms with Crippen LogP contribution in [0.15, 0.2) is 24.4 Å². The molecule has 2 N–H and O–H groups in total. The van der Waals surface area contributed by atoms with E-state index in [9.17, 15) is 0 Å². The summed E-state index contributed by atoms with van der Waals surface area (Å²) in [7, 11) is 1.86. The zero-order valence-corrected chi connectivity index (χ0v) is 8.18. The van der Waals surface area contributed by atoms with Gasteiger partial charge in [0.05, 0.1) is 16.6 Å². The number of nitrogen functional groups attached to an aromatic ring is 1. The van der Waals surface area contributed by atoms with E-state index in [2.05, 4.69) is 15.0 Å². The number of aryl methyl sites for hydroxylation is 1. The third-order valence-electron chi connectivity index (χ3n) is 2.47. The Balaban J connectivity index is 2.53. The van der Waals surface area contributed by atoms with Crippen molar-refractivity contribution < 1.29 is 0 Å². The highest BCUT2D eigenvalue weighted by Crippen LogP contribution is 2.18. The molecule has 0 radical (unpaired) electrons. The minimum atomic E-state index is 0.466. The molecule has 0 aliphatic carbocycles. The second-order valence-electron chi connectivity index (χ2n) is 3.40. The molecule has 0 amide bonds. The van der Waals surface area contributed by atoms with Gasteiger partial charge in [-0.2, -0.15) is 4.98 Å². The van der Waals surface area contributed by atoms with Crippen molar-refractivity contribution in [3.8, 4) is 0 Å². The van der Waals surface area contributed by atoms with Crippen LogP contribution in [0.4, 0.5) is 5.95 Å². The fourth-order valence-corrected chi connectivity index (χ4v) is 1.62. The lowest BCUT2D eigenvalue weighted by molar-refractivity contribution is 0.965. The SMILES string of the molecule is Cn1c(N)nc2nc3cccnc3cc21. The first-order valence-corrected chi connectivity index (χ1v) is 4.59. The Labute approximate surface area is 85.6 Å². The summed E-state index contributed by atoms with van der Waals surface area (Å²) in [5.41, 5.74) is 8.96. The topological polar surface area (TPSA) is 69.6 Å².